The number of benzene rings is 1. The highest BCUT2D eigenvalue weighted by Gasteiger charge is 1.97. The molecular weight excluding hydrogens is 232 g/mol. The number of methoxy groups -OCH3 is 1. The summed E-state index contributed by atoms with van der Waals surface area (Å²) in [6.45, 7) is 0. The smallest absolute Gasteiger partial charge is 0.218 e. The number of anilines is 1. The highest BCUT2D eigenvalue weighted by atomic mass is 16.5. The molecule has 0 saturated carbocycles. The maximum Gasteiger partial charge on any atom is 0.218 e. The number of aromatic nitrogens is 2. The van der Waals surface area contributed by atoms with Crippen LogP contribution in [0.4, 0.5) is 5.82 Å². The number of rotatable bonds is 4. The summed E-state index contributed by atoms with van der Waals surface area (Å²) in [5.41, 5.74) is 3.34. The van der Waals surface area contributed by atoms with E-state index in [9.17, 15) is 5.11 Å². The fourth-order valence-electron chi connectivity index (χ4n) is 1.28. The second kappa shape index (κ2) is 5.62. The van der Waals surface area contributed by atoms with Crippen LogP contribution in [-0.4, -0.2) is 28.4 Å². The number of hydrogen-bond acceptors (Lipinski definition) is 6. The molecule has 0 saturated heterocycles. The Bertz CT molecular complexity index is 557. The Morgan fingerprint density at radius 3 is 2.94 bits per heavy atom. The number of nitrogens with one attached hydrogen (secondary N) is 1. The van der Waals surface area contributed by atoms with Gasteiger partial charge in [0.2, 0.25) is 5.88 Å². The summed E-state index contributed by atoms with van der Waals surface area (Å²) in [5.74, 6) is 1.13. The van der Waals surface area contributed by atoms with E-state index in [2.05, 4.69) is 20.5 Å². The summed E-state index contributed by atoms with van der Waals surface area (Å²) in [7, 11) is 1.53. The summed E-state index contributed by atoms with van der Waals surface area (Å²) >= 11 is 0. The van der Waals surface area contributed by atoms with Gasteiger partial charge in [-0.25, -0.2) is 9.97 Å². The van der Waals surface area contributed by atoms with E-state index in [1.54, 1.807) is 24.3 Å². The normalized spacial score (nSPS) is 10.5. The molecule has 0 aliphatic carbocycles. The van der Waals surface area contributed by atoms with Crippen molar-refractivity contribution in [3.8, 4) is 11.6 Å². The van der Waals surface area contributed by atoms with E-state index in [1.165, 1.54) is 19.7 Å². The molecule has 0 amide bonds. The molecule has 2 N–H and O–H groups in total. The first-order valence-electron chi connectivity index (χ1n) is 5.22. The van der Waals surface area contributed by atoms with E-state index in [1.807, 2.05) is 6.07 Å². The predicted molar refractivity (Wildman–Crippen MR) is 67.9 cm³/mol. The number of phenols is 1. The second-order valence-corrected chi connectivity index (χ2v) is 3.37. The third-order valence-corrected chi connectivity index (χ3v) is 2.17. The van der Waals surface area contributed by atoms with Gasteiger partial charge < -0.3 is 9.84 Å². The summed E-state index contributed by atoms with van der Waals surface area (Å²) in [6.07, 6.45) is 2.88. The lowest BCUT2D eigenvalue weighted by molar-refractivity contribution is 0.397. The summed E-state index contributed by atoms with van der Waals surface area (Å²) < 4.78 is 4.96. The van der Waals surface area contributed by atoms with Crippen LogP contribution >= 0.6 is 0 Å². The highest BCUT2D eigenvalue weighted by Crippen LogP contribution is 2.13. The third kappa shape index (κ3) is 2.94. The molecule has 2 aromatic rings. The van der Waals surface area contributed by atoms with Crippen LogP contribution in [0.2, 0.25) is 0 Å². The molecule has 0 spiro atoms. The average molecular weight is 244 g/mol. The topological polar surface area (TPSA) is 79.6 Å². The zero-order valence-electron chi connectivity index (χ0n) is 9.74. The molecule has 1 heterocycles. The lowest BCUT2D eigenvalue weighted by Gasteiger charge is -2.01. The summed E-state index contributed by atoms with van der Waals surface area (Å²) in [6, 6.07) is 8.52. The van der Waals surface area contributed by atoms with Crippen molar-refractivity contribution >= 4 is 12.0 Å². The van der Waals surface area contributed by atoms with E-state index in [0.29, 0.717) is 17.3 Å². The number of hydrazone groups is 1. The molecule has 92 valence electrons. The van der Waals surface area contributed by atoms with Crippen LogP contribution in [0.3, 0.4) is 0 Å². The van der Waals surface area contributed by atoms with Gasteiger partial charge in [-0.3, -0.25) is 5.43 Å². The predicted octanol–water partition coefficient (Wildman–Crippen LogP) is 1.64. The van der Waals surface area contributed by atoms with Crippen molar-refractivity contribution in [1.29, 1.82) is 0 Å². The minimum absolute atomic E-state index is 0.170. The van der Waals surface area contributed by atoms with Gasteiger partial charge in [0.1, 0.15) is 12.1 Å². The van der Waals surface area contributed by atoms with Crippen LogP contribution in [0.1, 0.15) is 5.56 Å². The molecule has 0 unspecified atom stereocenters. The van der Waals surface area contributed by atoms with Crippen LogP contribution in [0.15, 0.2) is 41.8 Å². The van der Waals surface area contributed by atoms with Crippen molar-refractivity contribution in [3.63, 3.8) is 0 Å². The standard InChI is InChI=1S/C12H12N4O2/c1-18-12-6-11(13-8-14-12)16-15-7-9-4-2-3-5-10(9)17/h2-8,17H,1H3,(H,13,14,16)/b15-7+. The van der Waals surface area contributed by atoms with E-state index in [4.69, 9.17) is 4.74 Å². The van der Waals surface area contributed by atoms with Gasteiger partial charge in [-0.15, -0.1) is 0 Å². The number of hydrogen-bond donors (Lipinski definition) is 2. The fraction of sp³-hybridized carbons (Fsp3) is 0.0833. The third-order valence-electron chi connectivity index (χ3n) is 2.17. The Kier molecular flexibility index (Phi) is 3.70. The SMILES string of the molecule is COc1cc(N/N=C/c2ccccc2O)ncn1. The minimum atomic E-state index is 0.170. The number of para-hydroxylation sites is 1. The number of ether oxygens (including phenoxy) is 1. The Balaban J connectivity index is 2.05. The molecule has 6 nitrogen and oxygen atoms in total. The van der Waals surface area contributed by atoms with Crippen molar-refractivity contribution in [2.45, 2.75) is 0 Å². The number of phenolic OH excluding ortho intramolecular Hbond substituents is 1. The van der Waals surface area contributed by atoms with Crippen molar-refractivity contribution in [1.82, 2.24) is 9.97 Å². The lowest BCUT2D eigenvalue weighted by atomic mass is 10.2. The minimum Gasteiger partial charge on any atom is -0.507 e. The van der Waals surface area contributed by atoms with Crippen molar-refractivity contribution in [3.05, 3.63) is 42.2 Å². The van der Waals surface area contributed by atoms with Gasteiger partial charge in [0.15, 0.2) is 5.82 Å². The first-order chi connectivity index (χ1) is 8.79. The van der Waals surface area contributed by atoms with Gasteiger partial charge in [-0.1, -0.05) is 12.1 Å². The van der Waals surface area contributed by atoms with Crippen LogP contribution < -0.4 is 10.2 Å². The van der Waals surface area contributed by atoms with Crippen molar-refractivity contribution in [2.24, 2.45) is 5.10 Å². The van der Waals surface area contributed by atoms with E-state index >= 15 is 0 Å². The van der Waals surface area contributed by atoms with Crippen LogP contribution in [0, 0.1) is 0 Å². The fourth-order valence-corrected chi connectivity index (χ4v) is 1.28. The van der Waals surface area contributed by atoms with Gasteiger partial charge in [0.05, 0.1) is 13.3 Å². The van der Waals surface area contributed by atoms with Crippen LogP contribution in [-0.2, 0) is 0 Å². The molecule has 0 aliphatic rings. The van der Waals surface area contributed by atoms with Crippen molar-refractivity contribution < 1.29 is 9.84 Å². The molecule has 2 rings (SSSR count). The molecule has 1 aromatic carbocycles. The maximum absolute atomic E-state index is 9.53. The van der Waals surface area contributed by atoms with E-state index in [-0.39, 0.29) is 5.75 Å². The molecule has 0 atom stereocenters. The van der Waals surface area contributed by atoms with Gasteiger partial charge in [-0.2, -0.15) is 5.10 Å². The Morgan fingerprint density at radius 2 is 2.17 bits per heavy atom. The molecular formula is C12H12N4O2. The quantitative estimate of drug-likeness (QED) is 0.631. The highest BCUT2D eigenvalue weighted by molar-refractivity contribution is 5.83. The monoisotopic (exact) mass is 244 g/mol. The van der Waals surface area contributed by atoms with Gasteiger partial charge in [-0.05, 0) is 12.1 Å². The number of nitrogens with zero attached hydrogens (tertiary/aromatic N) is 3. The van der Waals surface area contributed by atoms with Gasteiger partial charge >= 0.3 is 0 Å². The summed E-state index contributed by atoms with van der Waals surface area (Å²) in [5, 5.41) is 13.5. The zero-order chi connectivity index (χ0) is 12.8. The first-order valence-corrected chi connectivity index (χ1v) is 5.22. The Labute approximate surface area is 104 Å². The number of aromatic hydroxyl groups is 1. The molecule has 6 heteroatoms. The molecule has 0 radical (unpaired) electrons. The second-order valence-electron chi connectivity index (χ2n) is 3.37. The summed E-state index contributed by atoms with van der Waals surface area (Å²) in [4.78, 5) is 7.84. The average Bonchev–Trinajstić information content (AvgIpc) is 2.41. The largest absolute Gasteiger partial charge is 0.507 e. The molecule has 0 fully saturated rings. The lowest BCUT2D eigenvalue weighted by Crippen LogP contribution is -1.96. The van der Waals surface area contributed by atoms with E-state index < -0.39 is 0 Å². The van der Waals surface area contributed by atoms with E-state index in [0.717, 1.165) is 0 Å². The molecule has 18 heavy (non-hydrogen) atoms. The van der Waals surface area contributed by atoms with Crippen LogP contribution in [0.25, 0.3) is 0 Å². The molecule has 0 bridgehead atoms. The van der Waals surface area contributed by atoms with Crippen molar-refractivity contribution in [2.75, 3.05) is 12.5 Å². The Hall–Kier alpha value is -2.63. The Morgan fingerprint density at radius 1 is 1.33 bits per heavy atom. The maximum atomic E-state index is 9.53. The molecule has 1 aromatic heterocycles. The van der Waals surface area contributed by atoms with Crippen LogP contribution in [0.5, 0.6) is 11.6 Å². The van der Waals surface area contributed by atoms with Gasteiger partial charge in [0, 0.05) is 11.6 Å². The molecule has 0 aliphatic heterocycles. The zero-order valence-corrected chi connectivity index (χ0v) is 9.74. The first kappa shape index (κ1) is 11.8. The van der Waals surface area contributed by atoms with Gasteiger partial charge in [0.25, 0.3) is 0 Å².